The van der Waals surface area contributed by atoms with Crippen LogP contribution >= 0.6 is 0 Å². The van der Waals surface area contributed by atoms with E-state index in [0.29, 0.717) is 0 Å². The van der Waals surface area contributed by atoms with Crippen LogP contribution in [0.15, 0.2) is 11.0 Å². The number of primary sulfonamides is 1. The predicted molar refractivity (Wildman–Crippen MR) is 51.9 cm³/mol. The van der Waals surface area contributed by atoms with Crippen molar-refractivity contribution in [1.29, 1.82) is 5.26 Å². The van der Waals surface area contributed by atoms with Crippen molar-refractivity contribution in [1.82, 2.24) is 4.98 Å². The Kier molecular flexibility index (Phi) is 3.54. The summed E-state index contributed by atoms with van der Waals surface area (Å²) in [7, 11) is -4.63. The largest absolute Gasteiger partial charge is 0.325 e. The summed E-state index contributed by atoms with van der Waals surface area (Å²) in [5.74, 6) is 0. The number of pyridine rings is 1. The molecular formula is C7H4F2N4O4S. The van der Waals surface area contributed by atoms with E-state index in [1.165, 1.54) is 6.07 Å². The van der Waals surface area contributed by atoms with Crippen molar-refractivity contribution in [2.75, 3.05) is 0 Å². The van der Waals surface area contributed by atoms with Gasteiger partial charge >= 0.3 is 5.69 Å². The fourth-order valence-electron chi connectivity index (χ4n) is 1.12. The number of hydrogen-bond donors (Lipinski definition) is 1. The molecule has 0 fully saturated rings. The molecule has 18 heavy (non-hydrogen) atoms. The van der Waals surface area contributed by atoms with Crippen molar-refractivity contribution in [2.24, 2.45) is 5.14 Å². The van der Waals surface area contributed by atoms with Gasteiger partial charge in [-0.3, -0.25) is 10.1 Å². The van der Waals surface area contributed by atoms with Crippen molar-refractivity contribution < 1.29 is 22.1 Å². The molecule has 0 saturated carbocycles. The highest BCUT2D eigenvalue weighted by molar-refractivity contribution is 7.89. The highest BCUT2D eigenvalue weighted by atomic mass is 32.2. The second-order valence-electron chi connectivity index (χ2n) is 2.96. The van der Waals surface area contributed by atoms with Gasteiger partial charge in [-0.05, 0) is 6.07 Å². The first kappa shape index (κ1) is 13.9. The Morgan fingerprint density at radius 3 is 2.44 bits per heavy atom. The van der Waals surface area contributed by atoms with E-state index in [1.54, 1.807) is 0 Å². The first-order chi connectivity index (χ1) is 8.18. The monoisotopic (exact) mass is 278 g/mol. The van der Waals surface area contributed by atoms with Gasteiger partial charge in [-0.2, -0.15) is 5.26 Å². The molecule has 0 saturated heterocycles. The maximum atomic E-state index is 12.4. The third kappa shape index (κ3) is 2.55. The molecule has 0 amide bonds. The molecule has 1 aromatic heterocycles. The van der Waals surface area contributed by atoms with E-state index >= 15 is 0 Å². The zero-order chi connectivity index (χ0) is 14.1. The summed E-state index contributed by atoms with van der Waals surface area (Å²) in [6, 6.07) is 1.46. The molecule has 0 radical (unpaired) electrons. The fraction of sp³-hybridized carbons (Fsp3) is 0.143. The molecule has 8 nitrogen and oxygen atoms in total. The van der Waals surface area contributed by atoms with Crippen LogP contribution in [-0.2, 0) is 10.0 Å². The van der Waals surface area contributed by atoms with Gasteiger partial charge in [0.15, 0.2) is 4.90 Å². The average molecular weight is 278 g/mol. The molecule has 1 rings (SSSR count). The molecule has 2 N–H and O–H groups in total. The second kappa shape index (κ2) is 4.59. The standard InChI is InChI=1S/C7H4F2N4O4S/c8-7(9)3-1-5(18(11,16)17)6(13(14)15)4(2-10)12-3/h1,7H,(H2,11,16,17). The lowest BCUT2D eigenvalue weighted by Gasteiger charge is -2.05. The quantitative estimate of drug-likeness (QED) is 0.628. The number of aromatic nitrogens is 1. The van der Waals surface area contributed by atoms with Crippen molar-refractivity contribution in [3.8, 4) is 6.07 Å². The number of hydrogen-bond acceptors (Lipinski definition) is 6. The minimum atomic E-state index is -4.63. The fourth-order valence-corrected chi connectivity index (χ4v) is 1.84. The van der Waals surface area contributed by atoms with Gasteiger partial charge in [0.1, 0.15) is 11.8 Å². The molecule has 0 bridgehead atoms. The molecule has 1 heterocycles. The first-order valence-corrected chi connectivity index (χ1v) is 5.63. The van der Waals surface area contributed by atoms with Crippen LogP contribution in [0.25, 0.3) is 0 Å². The molecule has 0 unspecified atom stereocenters. The number of nitro groups is 1. The summed E-state index contributed by atoms with van der Waals surface area (Å²) >= 11 is 0. The Bertz CT molecular complexity index is 652. The smallest absolute Gasteiger partial charge is 0.258 e. The molecule has 0 aliphatic heterocycles. The Morgan fingerprint density at radius 1 is 1.56 bits per heavy atom. The molecule has 0 aliphatic rings. The highest BCUT2D eigenvalue weighted by Gasteiger charge is 2.31. The van der Waals surface area contributed by atoms with E-state index in [9.17, 15) is 27.3 Å². The normalized spacial score (nSPS) is 11.3. The van der Waals surface area contributed by atoms with Crippen molar-refractivity contribution in [2.45, 2.75) is 11.3 Å². The molecule has 0 aromatic carbocycles. The van der Waals surface area contributed by atoms with Crippen LogP contribution in [0.5, 0.6) is 0 Å². The molecule has 0 atom stereocenters. The SMILES string of the molecule is N#Cc1nc(C(F)F)cc(S(N)(=O)=O)c1[N+](=O)[O-]. The van der Waals surface area contributed by atoms with Gasteiger partial charge in [0.25, 0.3) is 6.43 Å². The number of nitriles is 1. The molecule has 96 valence electrons. The van der Waals surface area contributed by atoms with Crippen LogP contribution in [0.1, 0.15) is 17.8 Å². The summed E-state index contributed by atoms with van der Waals surface area (Å²) in [6.45, 7) is 0. The van der Waals surface area contributed by atoms with E-state index in [4.69, 9.17) is 5.26 Å². The number of nitrogens with zero attached hydrogens (tertiary/aromatic N) is 3. The third-order valence-electron chi connectivity index (χ3n) is 1.80. The zero-order valence-electron chi connectivity index (χ0n) is 8.37. The topological polar surface area (TPSA) is 140 Å². The number of sulfonamides is 1. The summed E-state index contributed by atoms with van der Waals surface area (Å²) in [5.41, 5.74) is -3.34. The van der Waals surface area contributed by atoms with E-state index in [-0.39, 0.29) is 6.07 Å². The minimum absolute atomic E-state index is 0.277. The number of halogens is 2. The number of rotatable bonds is 3. The van der Waals surface area contributed by atoms with Gasteiger partial charge in [0.05, 0.1) is 4.92 Å². The van der Waals surface area contributed by atoms with Gasteiger partial charge in [-0.15, -0.1) is 0 Å². The van der Waals surface area contributed by atoms with Gasteiger partial charge in [0, 0.05) is 0 Å². The summed E-state index contributed by atoms with van der Waals surface area (Å²) in [5, 5.41) is 23.9. The summed E-state index contributed by atoms with van der Waals surface area (Å²) < 4.78 is 47.0. The molecule has 11 heteroatoms. The molecular weight excluding hydrogens is 274 g/mol. The molecule has 0 aliphatic carbocycles. The zero-order valence-corrected chi connectivity index (χ0v) is 9.19. The van der Waals surface area contributed by atoms with Crippen LogP contribution < -0.4 is 5.14 Å². The lowest BCUT2D eigenvalue weighted by Crippen LogP contribution is -2.16. The number of alkyl halides is 2. The molecule has 0 spiro atoms. The first-order valence-electron chi connectivity index (χ1n) is 4.09. The van der Waals surface area contributed by atoms with Gasteiger partial charge in [-0.1, -0.05) is 0 Å². The Morgan fingerprint density at radius 2 is 2.11 bits per heavy atom. The third-order valence-corrected chi connectivity index (χ3v) is 2.72. The maximum Gasteiger partial charge on any atom is 0.325 e. The highest BCUT2D eigenvalue weighted by Crippen LogP contribution is 2.29. The Balaban J connectivity index is 3.81. The van der Waals surface area contributed by atoms with E-state index < -0.39 is 43.3 Å². The van der Waals surface area contributed by atoms with Crippen molar-refractivity contribution in [3.63, 3.8) is 0 Å². The minimum Gasteiger partial charge on any atom is -0.258 e. The van der Waals surface area contributed by atoms with Crippen LogP contribution in [-0.4, -0.2) is 18.3 Å². The van der Waals surface area contributed by atoms with Gasteiger partial charge in [0.2, 0.25) is 15.7 Å². The Labute approximate surface area is 98.9 Å². The summed E-state index contributed by atoms with van der Waals surface area (Å²) in [4.78, 5) is 11.3. The Hall–Kier alpha value is -2.19. The van der Waals surface area contributed by atoms with Gasteiger partial charge in [-0.25, -0.2) is 27.3 Å². The van der Waals surface area contributed by atoms with Crippen LogP contribution in [0.4, 0.5) is 14.5 Å². The molecule has 1 aromatic rings. The number of nitrogens with two attached hydrogens (primary N) is 1. The van der Waals surface area contributed by atoms with E-state index in [1.807, 2.05) is 0 Å². The average Bonchev–Trinajstić information content (AvgIpc) is 2.25. The van der Waals surface area contributed by atoms with Crippen molar-refractivity contribution in [3.05, 3.63) is 27.6 Å². The lowest BCUT2D eigenvalue weighted by atomic mass is 10.2. The summed E-state index contributed by atoms with van der Waals surface area (Å²) in [6.07, 6.45) is -3.20. The maximum absolute atomic E-state index is 12.4. The van der Waals surface area contributed by atoms with E-state index in [2.05, 4.69) is 10.1 Å². The van der Waals surface area contributed by atoms with Gasteiger partial charge < -0.3 is 0 Å². The van der Waals surface area contributed by atoms with E-state index in [0.717, 1.165) is 0 Å². The van der Waals surface area contributed by atoms with Crippen LogP contribution in [0.2, 0.25) is 0 Å². The van der Waals surface area contributed by atoms with Crippen LogP contribution in [0.3, 0.4) is 0 Å². The van der Waals surface area contributed by atoms with Crippen LogP contribution in [0, 0.1) is 21.4 Å². The predicted octanol–water partition coefficient (Wildman–Crippen LogP) is 0.446. The second-order valence-corrected chi connectivity index (χ2v) is 4.49. The lowest BCUT2D eigenvalue weighted by molar-refractivity contribution is -0.388. The van der Waals surface area contributed by atoms with Crippen molar-refractivity contribution >= 4 is 15.7 Å².